The van der Waals surface area contributed by atoms with Crippen LogP contribution in [0.5, 0.6) is 11.5 Å². The Hall–Kier alpha value is -2.55. The predicted octanol–water partition coefficient (Wildman–Crippen LogP) is 3.40. The number of rotatable bonds is 6. The minimum absolute atomic E-state index is 0.122. The predicted molar refractivity (Wildman–Crippen MR) is 77.9 cm³/mol. The van der Waals surface area contributed by atoms with Crippen LogP contribution in [0.4, 0.5) is 0 Å². The molecule has 2 rings (SSSR count). The van der Waals surface area contributed by atoms with Gasteiger partial charge in [-0.2, -0.15) is 0 Å². The number of ether oxygens (including phenoxy) is 2. The summed E-state index contributed by atoms with van der Waals surface area (Å²) in [6.45, 7) is 3.58. The van der Waals surface area contributed by atoms with Crippen molar-refractivity contribution in [2.24, 2.45) is 0 Å². The van der Waals surface area contributed by atoms with Crippen LogP contribution in [0.1, 0.15) is 5.56 Å². The zero-order valence-corrected chi connectivity index (χ0v) is 11.1. The zero-order valence-electron chi connectivity index (χ0n) is 11.1. The van der Waals surface area contributed by atoms with E-state index in [0.29, 0.717) is 17.9 Å². The van der Waals surface area contributed by atoms with E-state index in [0.717, 1.165) is 5.56 Å². The molecule has 0 aliphatic rings. The van der Waals surface area contributed by atoms with Crippen molar-refractivity contribution in [3.8, 4) is 11.5 Å². The van der Waals surface area contributed by atoms with Gasteiger partial charge in [0.15, 0.2) is 6.61 Å². The Bertz CT molecular complexity index is 576. The van der Waals surface area contributed by atoms with Gasteiger partial charge in [0.05, 0.1) is 0 Å². The third-order valence-corrected chi connectivity index (χ3v) is 2.66. The van der Waals surface area contributed by atoms with E-state index in [1.165, 1.54) is 0 Å². The van der Waals surface area contributed by atoms with Crippen LogP contribution in [0, 0.1) is 0 Å². The van der Waals surface area contributed by atoms with Crippen LogP contribution >= 0.6 is 0 Å². The van der Waals surface area contributed by atoms with E-state index in [4.69, 9.17) is 9.47 Å². The van der Waals surface area contributed by atoms with Crippen LogP contribution in [-0.4, -0.2) is 12.6 Å². The van der Waals surface area contributed by atoms with Crippen LogP contribution in [0.15, 0.2) is 67.3 Å². The average Bonchev–Trinajstić information content (AvgIpc) is 2.48. The average molecular weight is 268 g/mol. The van der Waals surface area contributed by atoms with E-state index >= 15 is 0 Å². The van der Waals surface area contributed by atoms with Gasteiger partial charge in [-0.25, -0.2) is 4.79 Å². The van der Waals surface area contributed by atoms with Crippen molar-refractivity contribution in [2.45, 2.75) is 6.42 Å². The van der Waals surface area contributed by atoms with Gasteiger partial charge >= 0.3 is 5.97 Å². The Morgan fingerprint density at radius 3 is 2.50 bits per heavy atom. The van der Waals surface area contributed by atoms with Crippen molar-refractivity contribution < 1.29 is 14.3 Å². The number of carbonyl (C=O) groups is 1. The molecule has 0 unspecified atom stereocenters. The van der Waals surface area contributed by atoms with E-state index in [9.17, 15) is 4.79 Å². The van der Waals surface area contributed by atoms with Crippen LogP contribution in [0.25, 0.3) is 0 Å². The highest BCUT2D eigenvalue weighted by Gasteiger charge is 2.07. The molecule has 0 fully saturated rings. The molecule has 3 heteroatoms. The molecule has 0 heterocycles. The molecule has 2 aromatic carbocycles. The first-order valence-electron chi connectivity index (χ1n) is 6.37. The molecule has 2 aromatic rings. The lowest BCUT2D eigenvalue weighted by Crippen LogP contribution is -2.18. The van der Waals surface area contributed by atoms with E-state index in [1.54, 1.807) is 18.2 Å². The maximum atomic E-state index is 11.7. The standard InChI is InChI=1S/C17H16O3/c1-2-8-14-9-6-7-12-16(14)19-13-17(18)20-15-10-4-3-5-11-15/h2-7,9-12H,1,8,13H2. The van der Waals surface area contributed by atoms with Crippen molar-refractivity contribution in [1.82, 2.24) is 0 Å². The summed E-state index contributed by atoms with van der Waals surface area (Å²) in [5.41, 5.74) is 0.995. The quantitative estimate of drug-likeness (QED) is 0.457. The topological polar surface area (TPSA) is 35.5 Å². The number of benzene rings is 2. The van der Waals surface area contributed by atoms with Crippen LogP contribution in [-0.2, 0) is 11.2 Å². The van der Waals surface area contributed by atoms with Crippen LogP contribution in [0.3, 0.4) is 0 Å². The molecule has 0 aliphatic heterocycles. The van der Waals surface area contributed by atoms with Gasteiger partial charge in [0.1, 0.15) is 11.5 Å². The molecule has 0 atom stereocenters. The summed E-state index contributed by atoms with van der Waals surface area (Å²) in [7, 11) is 0. The number of hydrogen-bond acceptors (Lipinski definition) is 3. The van der Waals surface area contributed by atoms with E-state index < -0.39 is 5.97 Å². The second kappa shape index (κ2) is 7.14. The Morgan fingerprint density at radius 2 is 1.75 bits per heavy atom. The lowest BCUT2D eigenvalue weighted by atomic mass is 10.1. The first kappa shape index (κ1) is 13.9. The minimum Gasteiger partial charge on any atom is -0.482 e. The molecule has 0 spiro atoms. The molecule has 0 saturated carbocycles. The van der Waals surface area contributed by atoms with Gasteiger partial charge in [-0.3, -0.25) is 0 Å². The normalized spacial score (nSPS) is 9.80. The molecule has 0 N–H and O–H groups in total. The van der Waals surface area contributed by atoms with Gasteiger partial charge in [-0.1, -0.05) is 42.5 Å². The monoisotopic (exact) mass is 268 g/mol. The maximum absolute atomic E-state index is 11.7. The Morgan fingerprint density at radius 1 is 1.05 bits per heavy atom. The molecule has 0 aliphatic carbocycles. The maximum Gasteiger partial charge on any atom is 0.349 e. The second-order valence-electron chi connectivity index (χ2n) is 4.18. The van der Waals surface area contributed by atoms with Gasteiger partial charge in [0.2, 0.25) is 0 Å². The minimum atomic E-state index is -0.426. The second-order valence-corrected chi connectivity index (χ2v) is 4.18. The van der Waals surface area contributed by atoms with Crippen molar-refractivity contribution in [2.75, 3.05) is 6.61 Å². The lowest BCUT2D eigenvalue weighted by molar-refractivity contribution is -0.136. The van der Waals surface area contributed by atoms with Gasteiger partial charge in [-0.15, -0.1) is 6.58 Å². The number of carbonyl (C=O) groups excluding carboxylic acids is 1. The summed E-state index contributed by atoms with van der Waals surface area (Å²) in [6, 6.07) is 16.5. The van der Waals surface area contributed by atoms with Crippen molar-refractivity contribution >= 4 is 5.97 Å². The molecule has 0 saturated heterocycles. The summed E-state index contributed by atoms with van der Waals surface area (Å²) in [4.78, 5) is 11.7. The van der Waals surface area contributed by atoms with Crippen molar-refractivity contribution in [1.29, 1.82) is 0 Å². The molecule has 102 valence electrons. The van der Waals surface area contributed by atoms with E-state index in [-0.39, 0.29) is 6.61 Å². The Kier molecular flexibility index (Phi) is 4.95. The summed E-state index contributed by atoms with van der Waals surface area (Å²) in [5.74, 6) is 0.766. The highest BCUT2D eigenvalue weighted by molar-refractivity contribution is 5.74. The lowest BCUT2D eigenvalue weighted by Gasteiger charge is -2.10. The number of esters is 1. The Balaban J connectivity index is 1.92. The van der Waals surface area contributed by atoms with Crippen LogP contribution < -0.4 is 9.47 Å². The third-order valence-electron chi connectivity index (χ3n) is 2.66. The first-order valence-corrected chi connectivity index (χ1v) is 6.37. The number of para-hydroxylation sites is 2. The fourth-order valence-electron chi connectivity index (χ4n) is 1.75. The Labute approximate surface area is 118 Å². The first-order chi connectivity index (χ1) is 9.79. The summed E-state index contributed by atoms with van der Waals surface area (Å²) in [5, 5.41) is 0. The summed E-state index contributed by atoms with van der Waals surface area (Å²) >= 11 is 0. The molecule has 0 aromatic heterocycles. The molecule has 0 amide bonds. The highest BCUT2D eigenvalue weighted by Crippen LogP contribution is 2.18. The van der Waals surface area contributed by atoms with Crippen molar-refractivity contribution in [3.63, 3.8) is 0 Å². The van der Waals surface area contributed by atoms with Gasteiger partial charge in [-0.05, 0) is 30.2 Å². The largest absolute Gasteiger partial charge is 0.482 e. The zero-order chi connectivity index (χ0) is 14.2. The number of allylic oxidation sites excluding steroid dienone is 1. The molecule has 0 radical (unpaired) electrons. The van der Waals surface area contributed by atoms with Crippen LogP contribution in [0.2, 0.25) is 0 Å². The van der Waals surface area contributed by atoms with Gasteiger partial charge in [0.25, 0.3) is 0 Å². The van der Waals surface area contributed by atoms with E-state index in [1.807, 2.05) is 42.5 Å². The number of hydrogen-bond donors (Lipinski definition) is 0. The molecular formula is C17H16O3. The van der Waals surface area contributed by atoms with Gasteiger partial charge in [0, 0.05) is 0 Å². The van der Waals surface area contributed by atoms with Crippen molar-refractivity contribution in [3.05, 3.63) is 72.8 Å². The molecular weight excluding hydrogens is 252 g/mol. The van der Waals surface area contributed by atoms with Gasteiger partial charge < -0.3 is 9.47 Å². The van der Waals surface area contributed by atoms with E-state index in [2.05, 4.69) is 6.58 Å². The highest BCUT2D eigenvalue weighted by atomic mass is 16.6. The molecule has 20 heavy (non-hydrogen) atoms. The fraction of sp³-hybridized carbons (Fsp3) is 0.118. The smallest absolute Gasteiger partial charge is 0.349 e. The fourth-order valence-corrected chi connectivity index (χ4v) is 1.75. The SMILES string of the molecule is C=CCc1ccccc1OCC(=O)Oc1ccccc1. The molecule has 0 bridgehead atoms. The third kappa shape index (κ3) is 3.99. The summed E-state index contributed by atoms with van der Waals surface area (Å²) < 4.78 is 10.7. The molecule has 3 nitrogen and oxygen atoms in total. The summed E-state index contributed by atoms with van der Waals surface area (Å²) in [6.07, 6.45) is 2.49.